The molecule has 3 amide bonds. The Balaban J connectivity index is 1.57. The highest BCUT2D eigenvalue weighted by Gasteiger charge is 2.38. The Labute approximate surface area is 241 Å². The van der Waals surface area contributed by atoms with Crippen molar-refractivity contribution in [3.05, 3.63) is 77.9 Å². The number of nitrogens with zero attached hydrogens (tertiary/aromatic N) is 2. The molecule has 222 valence electrons. The van der Waals surface area contributed by atoms with Crippen LogP contribution in [0.25, 0.3) is 0 Å². The first-order valence-electron chi connectivity index (χ1n) is 13.5. The Morgan fingerprint density at radius 1 is 0.905 bits per heavy atom. The lowest BCUT2D eigenvalue weighted by atomic mass is 10.0. The van der Waals surface area contributed by atoms with Gasteiger partial charge in [-0.3, -0.25) is 14.4 Å². The van der Waals surface area contributed by atoms with Crippen LogP contribution in [0.4, 0.5) is 0 Å². The van der Waals surface area contributed by atoms with Crippen LogP contribution >= 0.6 is 0 Å². The molecular formula is C29H34N6O7. The molecule has 1 aromatic heterocycles. The minimum absolute atomic E-state index is 0.0207. The number of phenolic OH excluding ortho intramolecular Hbond substituents is 2. The maximum Gasteiger partial charge on any atom is 0.326 e. The Morgan fingerprint density at radius 3 is 2.02 bits per heavy atom. The normalized spacial score (nSPS) is 16.8. The smallest absolute Gasteiger partial charge is 0.326 e. The molecule has 0 aliphatic carbocycles. The van der Waals surface area contributed by atoms with Crippen molar-refractivity contribution < 1.29 is 34.5 Å². The third-order valence-electron chi connectivity index (χ3n) is 7.15. The van der Waals surface area contributed by atoms with E-state index in [-0.39, 0.29) is 37.3 Å². The van der Waals surface area contributed by atoms with Crippen LogP contribution in [0.5, 0.6) is 11.5 Å². The summed E-state index contributed by atoms with van der Waals surface area (Å²) in [6, 6.07) is 7.89. The lowest BCUT2D eigenvalue weighted by molar-refractivity contribution is -0.149. The number of likely N-dealkylation sites (tertiary alicyclic amines) is 1. The molecule has 4 atom stereocenters. The fraction of sp³-hybridized carbons (Fsp3) is 0.345. The number of carboxylic acids is 1. The number of imidazole rings is 1. The summed E-state index contributed by atoms with van der Waals surface area (Å²) in [7, 11) is 0. The lowest BCUT2D eigenvalue weighted by Gasteiger charge is -2.29. The Bertz CT molecular complexity index is 1380. The van der Waals surface area contributed by atoms with Gasteiger partial charge in [-0.1, -0.05) is 24.3 Å². The number of aromatic amines is 1. The van der Waals surface area contributed by atoms with Gasteiger partial charge >= 0.3 is 5.97 Å². The van der Waals surface area contributed by atoms with Gasteiger partial charge in [0.1, 0.15) is 29.6 Å². The van der Waals surface area contributed by atoms with Crippen molar-refractivity contribution in [3.8, 4) is 11.5 Å². The zero-order valence-corrected chi connectivity index (χ0v) is 22.8. The zero-order valence-electron chi connectivity index (χ0n) is 22.8. The van der Waals surface area contributed by atoms with Crippen molar-refractivity contribution in [2.45, 2.75) is 56.3 Å². The number of carboxylic acid groups (broad SMARTS) is 1. The van der Waals surface area contributed by atoms with E-state index in [1.807, 2.05) is 0 Å². The molecular weight excluding hydrogens is 544 g/mol. The van der Waals surface area contributed by atoms with Gasteiger partial charge in [-0.2, -0.15) is 0 Å². The molecule has 1 aliphatic rings. The molecule has 1 saturated heterocycles. The number of aromatic nitrogens is 2. The maximum atomic E-state index is 13.7. The minimum atomic E-state index is -1.15. The van der Waals surface area contributed by atoms with Crippen LogP contribution in [0.1, 0.15) is 29.7 Å². The molecule has 13 heteroatoms. The summed E-state index contributed by atoms with van der Waals surface area (Å²) in [6.45, 7) is 0.230. The summed E-state index contributed by atoms with van der Waals surface area (Å²) in [5.74, 6) is -2.90. The average Bonchev–Trinajstić information content (AvgIpc) is 3.67. The van der Waals surface area contributed by atoms with Crippen LogP contribution in [0, 0.1) is 0 Å². The van der Waals surface area contributed by atoms with E-state index in [4.69, 9.17) is 5.73 Å². The summed E-state index contributed by atoms with van der Waals surface area (Å²) in [6.07, 6.45) is 4.00. The number of amides is 3. The largest absolute Gasteiger partial charge is 0.508 e. The summed E-state index contributed by atoms with van der Waals surface area (Å²) in [5, 5.41) is 34.4. The second-order valence-corrected chi connectivity index (χ2v) is 10.3. The molecule has 1 fully saturated rings. The summed E-state index contributed by atoms with van der Waals surface area (Å²) in [4.78, 5) is 60.2. The van der Waals surface area contributed by atoms with Crippen molar-refractivity contribution in [1.82, 2.24) is 25.5 Å². The predicted molar refractivity (Wildman–Crippen MR) is 150 cm³/mol. The van der Waals surface area contributed by atoms with E-state index in [9.17, 15) is 34.5 Å². The highest BCUT2D eigenvalue weighted by atomic mass is 16.4. The molecule has 0 spiro atoms. The van der Waals surface area contributed by atoms with Gasteiger partial charge in [-0.15, -0.1) is 0 Å². The summed E-state index contributed by atoms with van der Waals surface area (Å²) >= 11 is 0. The van der Waals surface area contributed by atoms with E-state index in [1.54, 1.807) is 24.3 Å². The molecule has 4 rings (SSSR count). The Morgan fingerprint density at radius 2 is 1.48 bits per heavy atom. The molecule has 13 nitrogen and oxygen atoms in total. The van der Waals surface area contributed by atoms with Crippen molar-refractivity contribution in [3.63, 3.8) is 0 Å². The predicted octanol–water partition coefficient (Wildman–Crippen LogP) is 0.221. The number of aromatic hydroxyl groups is 2. The fourth-order valence-electron chi connectivity index (χ4n) is 4.91. The first-order valence-corrected chi connectivity index (χ1v) is 13.5. The van der Waals surface area contributed by atoms with E-state index in [1.165, 1.54) is 41.7 Å². The molecule has 0 bridgehead atoms. The first kappa shape index (κ1) is 30.1. The minimum Gasteiger partial charge on any atom is -0.508 e. The highest BCUT2D eigenvalue weighted by Crippen LogP contribution is 2.21. The monoisotopic (exact) mass is 578 g/mol. The summed E-state index contributed by atoms with van der Waals surface area (Å²) < 4.78 is 0. The van der Waals surface area contributed by atoms with Gasteiger partial charge in [0.2, 0.25) is 17.7 Å². The number of aliphatic carboxylic acids is 1. The molecule has 2 heterocycles. The van der Waals surface area contributed by atoms with Gasteiger partial charge < -0.3 is 41.6 Å². The number of carbonyl (C=O) groups is 4. The number of rotatable bonds is 12. The van der Waals surface area contributed by atoms with E-state index in [0.717, 1.165) is 0 Å². The fourth-order valence-corrected chi connectivity index (χ4v) is 4.91. The number of hydrogen-bond donors (Lipinski definition) is 7. The SMILES string of the molecule is NC(Cc1cnc[nH]1)C(=O)NC(Cc1ccc(O)cc1)C(=O)NC(Cc1ccc(O)cc1)C(=O)N1CCCC1C(=O)O. The Hall–Kier alpha value is -4.91. The van der Waals surface area contributed by atoms with Crippen LogP contribution in [0.15, 0.2) is 61.1 Å². The van der Waals surface area contributed by atoms with Gasteiger partial charge in [-0.05, 0) is 48.2 Å². The maximum absolute atomic E-state index is 13.7. The molecule has 4 unspecified atom stereocenters. The van der Waals surface area contributed by atoms with Crippen LogP contribution < -0.4 is 16.4 Å². The second-order valence-electron chi connectivity index (χ2n) is 10.3. The molecule has 1 aliphatic heterocycles. The van der Waals surface area contributed by atoms with Crippen LogP contribution in [0.2, 0.25) is 0 Å². The van der Waals surface area contributed by atoms with Crippen LogP contribution in [-0.2, 0) is 38.4 Å². The lowest BCUT2D eigenvalue weighted by Crippen LogP contribution is -2.58. The number of nitrogens with two attached hydrogens (primary N) is 1. The first-order chi connectivity index (χ1) is 20.1. The topological polar surface area (TPSA) is 211 Å². The van der Waals surface area contributed by atoms with Crippen LogP contribution in [0.3, 0.4) is 0 Å². The number of nitrogens with one attached hydrogen (secondary N) is 3. The number of benzene rings is 2. The van der Waals surface area contributed by atoms with Crippen molar-refractivity contribution in [2.24, 2.45) is 5.73 Å². The molecule has 8 N–H and O–H groups in total. The van der Waals surface area contributed by atoms with E-state index >= 15 is 0 Å². The van der Waals surface area contributed by atoms with Crippen molar-refractivity contribution in [2.75, 3.05) is 6.54 Å². The summed E-state index contributed by atoms with van der Waals surface area (Å²) in [5.41, 5.74) is 7.98. The number of carbonyl (C=O) groups excluding carboxylic acids is 3. The van der Waals surface area contributed by atoms with Crippen LogP contribution in [-0.4, -0.2) is 84.6 Å². The van der Waals surface area contributed by atoms with E-state index in [0.29, 0.717) is 29.7 Å². The highest BCUT2D eigenvalue weighted by molar-refractivity contribution is 5.94. The van der Waals surface area contributed by atoms with Gasteiger partial charge in [0.15, 0.2) is 0 Å². The number of H-pyrrole nitrogens is 1. The zero-order chi connectivity index (χ0) is 30.2. The third-order valence-corrected chi connectivity index (χ3v) is 7.15. The molecule has 3 aromatic rings. The molecule has 0 saturated carbocycles. The average molecular weight is 579 g/mol. The van der Waals surface area contributed by atoms with Gasteiger partial charge in [-0.25, -0.2) is 9.78 Å². The van der Waals surface area contributed by atoms with E-state index < -0.39 is 47.9 Å². The van der Waals surface area contributed by atoms with Gasteiger partial charge in [0.05, 0.1) is 12.4 Å². The third kappa shape index (κ3) is 7.85. The molecule has 2 aromatic carbocycles. The number of phenols is 2. The molecule has 0 radical (unpaired) electrons. The Kier molecular flexibility index (Phi) is 9.76. The quantitative estimate of drug-likeness (QED) is 0.156. The van der Waals surface area contributed by atoms with Crippen molar-refractivity contribution >= 4 is 23.7 Å². The number of hydrogen-bond acceptors (Lipinski definition) is 8. The standard InChI is InChI=1S/C29H34N6O7/c30-22(14-19-15-31-16-32-19)26(38)33-23(12-17-3-7-20(36)8-4-17)27(39)34-24(13-18-5-9-21(37)10-6-18)28(40)35-11-1-2-25(35)29(41)42/h3-10,15-16,22-25,36-37H,1-2,11-14,30H2,(H,31,32)(H,33,38)(H,34,39)(H,41,42). The second kappa shape index (κ2) is 13.6. The van der Waals surface area contributed by atoms with Gasteiger partial charge in [0, 0.05) is 37.7 Å². The van der Waals surface area contributed by atoms with E-state index in [2.05, 4.69) is 20.6 Å². The molecule has 42 heavy (non-hydrogen) atoms. The van der Waals surface area contributed by atoms with Crippen molar-refractivity contribution in [1.29, 1.82) is 0 Å². The van der Waals surface area contributed by atoms with Gasteiger partial charge in [0.25, 0.3) is 0 Å².